The van der Waals surface area contributed by atoms with Gasteiger partial charge >= 0.3 is 0 Å². The maximum atomic E-state index is 12.6. The summed E-state index contributed by atoms with van der Waals surface area (Å²) in [7, 11) is 0. The number of amides is 2. The van der Waals surface area contributed by atoms with Gasteiger partial charge in [-0.05, 0) is 63.1 Å². The molecule has 154 valence electrons. The van der Waals surface area contributed by atoms with Crippen LogP contribution in [0.3, 0.4) is 0 Å². The highest BCUT2D eigenvalue weighted by Crippen LogP contribution is 2.26. The lowest BCUT2D eigenvalue weighted by atomic mass is 9.91. The molecule has 3 aliphatic rings. The molecule has 5 nitrogen and oxygen atoms in total. The number of rotatable bonds is 4. The smallest absolute Gasteiger partial charge is 0.263 e. The van der Waals surface area contributed by atoms with Crippen molar-refractivity contribution in [2.75, 3.05) is 26.2 Å². The van der Waals surface area contributed by atoms with Crippen molar-refractivity contribution in [3.05, 3.63) is 22.4 Å². The second kappa shape index (κ2) is 9.40. The molecule has 0 bridgehead atoms. The fraction of sp³-hybridized carbons (Fsp3) is 0.727. The quantitative estimate of drug-likeness (QED) is 0.837. The normalized spacial score (nSPS) is 23.6. The average Bonchev–Trinajstić information content (AvgIpc) is 3.29. The molecule has 1 N–H and O–H groups in total. The molecule has 3 fully saturated rings. The first kappa shape index (κ1) is 19.9. The molecule has 2 amide bonds. The molecule has 1 saturated carbocycles. The maximum Gasteiger partial charge on any atom is 0.263 e. The summed E-state index contributed by atoms with van der Waals surface area (Å²) in [5, 5.41) is 5.28. The highest BCUT2D eigenvalue weighted by molar-refractivity contribution is 7.12. The summed E-state index contributed by atoms with van der Waals surface area (Å²) in [6.45, 7) is 3.74. The number of carbonyl (C=O) groups excluding carboxylic acids is 2. The number of likely N-dealkylation sites (tertiary alicyclic amines) is 2. The van der Waals surface area contributed by atoms with Crippen LogP contribution in [0.25, 0.3) is 0 Å². The van der Waals surface area contributed by atoms with E-state index in [1.165, 1.54) is 30.6 Å². The van der Waals surface area contributed by atoms with Gasteiger partial charge in [0.25, 0.3) is 5.91 Å². The molecule has 2 saturated heterocycles. The maximum absolute atomic E-state index is 12.6. The van der Waals surface area contributed by atoms with E-state index >= 15 is 0 Å². The Labute approximate surface area is 172 Å². The predicted octanol–water partition coefficient (Wildman–Crippen LogP) is 3.51. The van der Waals surface area contributed by atoms with Crippen molar-refractivity contribution in [1.29, 1.82) is 0 Å². The molecule has 0 spiro atoms. The van der Waals surface area contributed by atoms with Gasteiger partial charge in [-0.15, -0.1) is 11.3 Å². The van der Waals surface area contributed by atoms with Gasteiger partial charge in [0, 0.05) is 31.1 Å². The average molecular weight is 404 g/mol. The molecule has 1 aliphatic carbocycles. The van der Waals surface area contributed by atoms with E-state index in [1.807, 2.05) is 22.4 Å². The number of nitrogens with zero attached hydrogens (tertiary/aromatic N) is 2. The van der Waals surface area contributed by atoms with Gasteiger partial charge in [-0.3, -0.25) is 9.59 Å². The van der Waals surface area contributed by atoms with Crippen LogP contribution in [0.15, 0.2) is 17.5 Å². The van der Waals surface area contributed by atoms with Gasteiger partial charge in [0.05, 0.1) is 4.88 Å². The molecule has 1 aromatic rings. The Morgan fingerprint density at radius 3 is 2.29 bits per heavy atom. The molecule has 28 heavy (non-hydrogen) atoms. The van der Waals surface area contributed by atoms with E-state index < -0.39 is 0 Å². The number of carbonyl (C=O) groups is 2. The van der Waals surface area contributed by atoms with Gasteiger partial charge < -0.3 is 15.1 Å². The van der Waals surface area contributed by atoms with Crippen molar-refractivity contribution in [3.8, 4) is 0 Å². The Hall–Kier alpha value is -1.40. The summed E-state index contributed by atoms with van der Waals surface area (Å²) in [6, 6.07) is 4.85. The summed E-state index contributed by atoms with van der Waals surface area (Å²) in [4.78, 5) is 30.5. The van der Waals surface area contributed by atoms with E-state index in [0.717, 1.165) is 69.6 Å². The molecule has 0 atom stereocenters. The molecule has 2 aliphatic heterocycles. The number of hydrogen-bond acceptors (Lipinski definition) is 4. The topological polar surface area (TPSA) is 52.7 Å². The lowest BCUT2D eigenvalue weighted by molar-refractivity contribution is -0.127. The number of thiophene rings is 1. The fourth-order valence-electron chi connectivity index (χ4n) is 5.08. The zero-order chi connectivity index (χ0) is 19.3. The van der Waals surface area contributed by atoms with Crippen molar-refractivity contribution in [3.63, 3.8) is 0 Å². The van der Waals surface area contributed by atoms with Crippen LogP contribution in [0, 0.1) is 5.92 Å². The van der Waals surface area contributed by atoms with E-state index in [2.05, 4.69) is 10.2 Å². The SMILES string of the molecule is O=C(NC1CCCCC1)C1CCN(C2CCN(C(=O)c3cccs3)CC2)CC1. The van der Waals surface area contributed by atoms with Gasteiger partial charge in [0.2, 0.25) is 5.91 Å². The molecular weight excluding hydrogens is 370 g/mol. The lowest BCUT2D eigenvalue weighted by Crippen LogP contribution is -2.50. The first-order valence-electron chi connectivity index (χ1n) is 11.1. The van der Waals surface area contributed by atoms with Gasteiger partial charge in [-0.1, -0.05) is 25.3 Å². The van der Waals surface area contributed by atoms with Crippen molar-refractivity contribution >= 4 is 23.2 Å². The third-order valence-corrected chi connectivity index (χ3v) is 7.71. The Morgan fingerprint density at radius 1 is 0.929 bits per heavy atom. The van der Waals surface area contributed by atoms with E-state index in [4.69, 9.17) is 0 Å². The molecule has 0 aromatic carbocycles. The van der Waals surface area contributed by atoms with Gasteiger partial charge in [-0.2, -0.15) is 0 Å². The molecule has 3 heterocycles. The summed E-state index contributed by atoms with van der Waals surface area (Å²) in [6.07, 6.45) is 10.2. The molecule has 0 unspecified atom stereocenters. The second-order valence-electron chi connectivity index (χ2n) is 8.65. The Kier molecular flexibility index (Phi) is 6.68. The van der Waals surface area contributed by atoms with Crippen molar-refractivity contribution in [1.82, 2.24) is 15.1 Å². The number of nitrogens with one attached hydrogen (secondary N) is 1. The van der Waals surface area contributed by atoms with Crippen LogP contribution in [-0.4, -0.2) is 59.9 Å². The monoisotopic (exact) mass is 403 g/mol. The van der Waals surface area contributed by atoms with E-state index in [0.29, 0.717) is 18.0 Å². The highest BCUT2D eigenvalue weighted by Gasteiger charge is 2.32. The third-order valence-electron chi connectivity index (χ3n) is 6.85. The third kappa shape index (κ3) is 4.77. The van der Waals surface area contributed by atoms with Gasteiger partial charge in [0.15, 0.2) is 0 Å². The molecule has 0 radical (unpaired) electrons. The Bertz CT molecular complexity index is 641. The summed E-state index contributed by atoms with van der Waals surface area (Å²) in [5.41, 5.74) is 0. The van der Waals surface area contributed by atoms with Crippen LogP contribution in [-0.2, 0) is 4.79 Å². The van der Waals surface area contributed by atoms with Gasteiger partial charge in [0.1, 0.15) is 0 Å². The van der Waals surface area contributed by atoms with Gasteiger partial charge in [-0.25, -0.2) is 0 Å². The molecular formula is C22H33N3O2S. The van der Waals surface area contributed by atoms with Crippen molar-refractivity contribution < 1.29 is 9.59 Å². The fourth-order valence-corrected chi connectivity index (χ4v) is 5.77. The van der Waals surface area contributed by atoms with Crippen LogP contribution in [0.4, 0.5) is 0 Å². The van der Waals surface area contributed by atoms with E-state index in [-0.39, 0.29) is 11.8 Å². The summed E-state index contributed by atoms with van der Waals surface area (Å²) in [5.74, 6) is 0.674. The summed E-state index contributed by atoms with van der Waals surface area (Å²) < 4.78 is 0. The molecule has 1 aromatic heterocycles. The van der Waals surface area contributed by atoms with Crippen LogP contribution in [0.5, 0.6) is 0 Å². The largest absolute Gasteiger partial charge is 0.353 e. The van der Waals surface area contributed by atoms with Crippen LogP contribution in [0.2, 0.25) is 0 Å². The van der Waals surface area contributed by atoms with E-state index in [1.54, 1.807) is 0 Å². The second-order valence-corrected chi connectivity index (χ2v) is 9.60. The predicted molar refractivity (Wildman–Crippen MR) is 113 cm³/mol. The Balaban J connectivity index is 1.19. The van der Waals surface area contributed by atoms with Crippen LogP contribution < -0.4 is 5.32 Å². The zero-order valence-electron chi connectivity index (χ0n) is 16.8. The minimum atomic E-state index is 0.187. The Morgan fingerprint density at radius 2 is 1.64 bits per heavy atom. The first-order chi connectivity index (χ1) is 13.7. The molecule has 4 rings (SSSR count). The van der Waals surface area contributed by atoms with Crippen molar-refractivity contribution in [2.24, 2.45) is 5.92 Å². The highest BCUT2D eigenvalue weighted by atomic mass is 32.1. The van der Waals surface area contributed by atoms with Crippen molar-refractivity contribution in [2.45, 2.75) is 69.9 Å². The standard InChI is InChI=1S/C22H33N3O2S/c26-21(23-18-5-2-1-3-6-18)17-8-12-24(13-9-17)19-10-14-25(15-11-19)22(27)20-7-4-16-28-20/h4,7,16-19H,1-3,5-6,8-15H2,(H,23,26). The van der Waals surface area contributed by atoms with Crippen LogP contribution in [0.1, 0.15) is 67.5 Å². The zero-order valence-corrected chi connectivity index (χ0v) is 17.6. The minimum Gasteiger partial charge on any atom is -0.353 e. The molecule has 6 heteroatoms. The number of piperidine rings is 2. The minimum absolute atomic E-state index is 0.187. The summed E-state index contributed by atoms with van der Waals surface area (Å²) >= 11 is 1.53. The van der Waals surface area contributed by atoms with Crippen LogP contribution >= 0.6 is 11.3 Å². The number of hydrogen-bond donors (Lipinski definition) is 1. The lowest BCUT2D eigenvalue weighted by Gasteiger charge is -2.41. The van der Waals surface area contributed by atoms with E-state index in [9.17, 15) is 9.59 Å². The first-order valence-corrected chi connectivity index (χ1v) is 12.0.